The van der Waals surface area contributed by atoms with Crippen molar-refractivity contribution in [2.75, 3.05) is 13.1 Å². The highest BCUT2D eigenvalue weighted by molar-refractivity contribution is 5.98. The Labute approximate surface area is 142 Å². The summed E-state index contributed by atoms with van der Waals surface area (Å²) >= 11 is 0. The van der Waals surface area contributed by atoms with E-state index in [2.05, 4.69) is 6.92 Å². The third-order valence-corrected chi connectivity index (χ3v) is 5.81. The zero-order valence-electron chi connectivity index (χ0n) is 14.3. The highest BCUT2D eigenvalue weighted by Crippen LogP contribution is 2.46. The lowest BCUT2D eigenvalue weighted by Gasteiger charge is -2.34. The summed E-state index contributed by atoms with van der Waals surface area (Å²) in [5, 5.41) is 9.49. The second-order valence-electron chi connectivity index (χ2n) is 7.98. The van der Waals surface area contributed by atoms with Crippen LogP contribution in [-0.2, 0) is 4.79 Å². The predicted octanol–water partition coefficient (Wildman–Crippen LogP) is 2.91. The van der Waals surface area contributed by atoms with Crippen LogP contribution in [0.2, 0.25) is 0 Å². The van der Waals surface area contributed by atoms with Crippen LogP contribution in [0.3, 0.4) is 0 Å². The topological polar surface area (TPSA) is 47.3 Å². The average Bonchev–Trinajstić information content (AvgIpc) is 3.13. The maximum absolute atomic E-state index is 13.5. The number of alkyl halides is 2. The van der Waals surface area contributed by atoms with Crippen LogP contribution in [0.25, 0.3) is 0 Å². The van der Waals surface area contributed by atoms with Crippen LogP contribution in [0.4, 0.5) is 8.78 Å². The zero-order valence-corrected chi connectivity index (χ0v) is 14.3. The lowest BCUT2D eigenvalue weighted by atomic mass is 9.90. The van der Waals surface area contributed by atoms with Gasteiger partial charge in [-0.1, -0.05) is 0 Å². The van der Waals surface area contributed by atoms with Gasteiger partial charge in [0.15, 0.2) is 0 Å². The molecule has 0 saturated carbocycles. The van der Waals surface area contributed by atoms with E-state index >= 15 is 0 Å². The van der Waals surface area contributed by atoms with E-state index in [-0.39, 0.29) is 37.0 Å². The van der Waals surface area contributed by atoms with Gasteiger partial charge >= 0.3 is 0 Å². The normalized spacial score (nSPS) is 33.1. The third kappa shape index (κ3) is 2.83. The van der Waals surface area contributed by atoms with Crippen molar-refractivity contribution in [1.82, 2.24) is 9.80 Å². The summed E-state index contributed by atoms with van der Waals surface area (Å²) in [4.78, 5) is 16.3. The first-order chi connectivity index (χ1) is 11.1. The number of carbonyl (C=O) groups excluding carboxylic acids is 1. The molecule has 0 aromatic carbocycles. The molecule has 6 heteroatoms. The molecule has 24 heavy (non-hydrogen) atoms. The number of halogens is 2. The van der Waals surface area contributed by atoms with Crippen molar-refractivity contribution in [1.29, 1.82) is 5.26 Å². The number of hydrogen-bond acceptors (Lipinski definition) is 3. The lowest BCUT2D eigenvalue weighted by Crippen LogP contribution is -2.46. The van der Waals surface area contributed by atoms with E-state index in [0.717, 1.165) is 25.7 Å². The van der Waals surface area contributed by atoms with Gasteiger partial charge in [0.1, 0.15) is 11.6 Å². The summed E-state index contributed by atoms with van der Waals surface area (Å²) in [5.74, 6) is -3.00. The van der Waals surface area contributed by atoms with Crippen molar-refractivity contribution in [2.24, 2.45) is 0 Å². The summed E-state index contributed by atoms with van der Waals surface area (Å²) < 4.78 is 27.0. The van der Waals surface area contributed by atoms with E-state index in [9.17, 15) is 18.8 Å². The van der Waals surface area contributed by atoms with Gasteiger partial charge in [-0.2, -0.15) is 5.26 Å². The van der Waals surface area contributed by atoms with Gasteiger partial charge in [0.05, 0.1) is 6.54 Å². The number of carbonyl (C=O) groups is 1. The van der Waals surface area contributed by atoms with Gasteiger partial charge in [0.2, 0.25) is 0 Å². The van der Waals surface area contributed by atoms with Crippen LogP contribution in [0.1, 0.15) is 46.0 Å². The van der Waals surface area contributed by atoms with Crippen LogP contribution < -0.4 is 0 Å². The number of likely N-dealkylation sites (tertiary alicyclic amines) is 1. The second-order valence-corrected chi connectivity index (χ2v) is 7.98. The molecule has 0 spiro atoms. The highest BCUT2D eigenvalue weighted by atomic mass is 19.3. The van der Waals surface area contributed by atoms with E-state index in [4.69, 9.17) is 0 Å². The van der Waals surface area contributed by atoms with Crippen molar-refractivity contribution >= 4 is 5.91 Å². The summed E-state index contributed by atoms with van der Waals surface area (Å²) in [6.07, 6.45) is 4.95. The molecule has 1 radical (unpaired) electrons. The van der Waals surface area contributed by atoms with Crippen LogP contribution in [0.5, 0.6) is 0 Å². The number of hydrogen-bond donors (Lipinski definition) is 0. The van der Waals surface area contributed by atoms with E-state index in [1.54, 1.807) is 29.7 Å². The van der Waals surface area contributed by atoms with Crippen LogP contribution >= 0.6 is 0 Å². The summed E-state index contributed by atoms with van der Waals surface area (Å²) in [6, 6.07) is 2.15. The molecule has 3 saturated heterocycles. The summed E-state index contributed by atoms with van der Waals surface area (Å²) in [6.45, 7) is 7.67. The second kappa shape index (κ2) is 5.52. The first kappa shape index (κ1) is 17.3. The Kier molecular flexibility index (Phi) is 3.99. The van der Waals surface area contributed by atoms with Crippen LogP contribution in [0, 0.1) is 18.3 Å². The molecule has 4 nitrogen and oxygen atoms in total. The van der Waals surface area contributed by atoms with Gasteiger partial charge in [-0.05, 0) is 52.5 Å². The molecule has 3 heterocycles. The molecule has 131 valence electrons. The maximum Gasteiger partial charge on any atom is 0.264 e. The monoisotopic (exact) mass is 336 g/mol. The Hall–Kier alpha value is -1.48. The molecule has 3 fully saturated rings. The maximum atomic E-state index is 13.5. The average molecular weight is 336 g/mol. The molecule has 3 aliphatic heterocycles. The van der Waals surface area contributed by atoms with Gasteiger partial charge in [-0.25, -0.2) is 8.78 Å². The van der Waals surface area contributed by atoms with Crippen LogP contribution in [-0.4, -0.2) is 51.8 Å². The van der Waals surface area contributed by atoms with Gasteiger partial charge < -0.3 is 4.90 Å². The molecule has 2 bridgehead atoms. The first-order valence-corrected chi connectivity index (χ1v) is 8.53. The SMILES string of the molecule is [CH2]C12CCC(CC1)N2C(=O)C(C#N)=CC(C)(C)N1CCC(F)(F)C1. The Morgan fingerprint density at radius 2 is 1.96 bits per heavy atom. The summed E-state index contributed by atoms with van der Waals surface area (Å²) in [7, 11) is 0. The van der Waals surface area contributed by atoms with Crippen molar-refractivity contribution in [2.45, 2.75) is 69.0 Å². The van der Waals surface area contributed by atoms with E-state index in [1.165, 1.54) is 0 Å². The molecule has 0 N–H and O–H groups in total. The smallest absolute Gasteiger partial charge is 0.264 e. The Bertz CT molecular complexity index is 612. The van der Waals surface area contributed by atoms with Gasteiger partial charge in [-0.3, -0.25) is 9.69 Å². The lowest BCUT2D eigenvalue weighted by molar-refractivity contribution is -0.129. The van der Waals surface area contributed by atoms with Gasteiger partial charge in [0.25, 0.3) is 11.8 Å². The minimum atomic E-state index is -2.70. The minimum Gasteiger partial charge on any atom is -0.329 e. The van der Waals surface area contributed by atoms with Gasteiger partial charge in [-0.15, -0.1) is 0 Å². The molecule has 0 aromatic heterocycles. The number of rotatable bonds is 3. The quantitative estimate of drug-likeness (QED) is 0.588. The van der Waals surface area contributed by atoms with E-state index < -0.39 is 17.0 Å². The van der Waals surface area contributed by atoms with E-state index in [0.29, 0.717) is 0 Å². The molecule has 0 aliphatic carbocycles. The first-order valence-electron chi connectivity index (χ1n) is 8.53. The number of nitriles is 1. The molecule has 1 amide bonds. The zero-order chi connectivity index (χ0) is 17.8. The summed E-state index contributed by atoms with van der Waals surface area (Å²) in [5.41, 5.74) is -1.13. The van der Waals surface area contributed by atoms with Crippen molar-refractivity contribution in [3.05, 3.63) is 18.6 Å². The fourth-order valence-electron chi connectivity index (χ4n) is 4.35. The number of nitrogens with zero attached hydrogens (tertiary/aromatic N) is 3. The highest BCUT2D eigenvalue weighted by Gasteiger charge is 2.51. The number of amides is 1. The number of fused-ring (bicyclic) bond motifs is 2. The standard InChI is InChI=1S/C18H24F2N3O/c1-16(2,22-9-8-18(19,20)12-22)10-13(11-21)15(24)23-14-4-6-17(23,3)7-5-14/h10,14H,3-9,12H2,1-2H3. The molecule has 0 atom stereocenters. The third-order valence-electron chi connectivity index (χ3n) is 5.81. The Morgan fingerprint density at radius 3 is 2.38 bits per heavy atom. The van der Waals surface area contributed by atoms with Gasteiger partial charge in [0, 0.05) is 30.1 Å². The Morgan fingerprint density at radius 1 is 1.33 bits per heavy atom. The Balaban J connectivity index is 1.82. The predicted molar refractivity (Wildman–Crippen MR) is 86.1 cm³/mol. The van der Waals surface area contributed by atoms with Crippen molar-refractivity contribution < 1.29 is 13.6 Å². The molecule has 3 rings (SSSR count). The molecule has 3 aliphatic rings. The van der Waals surface area contributed by atoms with Crippen molar-refractivity contribution in [3.63, 3.8) is 0 Å². The molecule has 0 unspecified atom stereocenters. The fourth-order valence-corrected chi connectivity index (χ4v) is 4.35. The van der Waals surface area contributed by atoms with E-state index in [1.807, 2.05) is 6.07 Å². The van der Waals surface area contributed by atoms with Crippen molar-refractivity contribution in [3.8, 4) is 6.07 Å². The molecular formula is C18H24F2N3O. The minimum absolute atomic E-state index is 0.0389. The molecule has 0 aromatic rings. The van der Waals surface area contributed by atoms with Crippen LogP contribution in [0.15, 0.2) is 11.6 Å². The molecular weight excluding hydrogens is 312 g/mol. The fraction of sp³-hybridized carbons (Fsp3) is 0.722. The largest absolute Gasteiger partial charge is 0.329 e.